The molecule has 1 aromatic heterocycles. The number of rotatable bonds is 4. The molecule has 0 bridgehead atoms. The third-order valence-corrected chi connectivity index (χ3v) is 5.55. The molecule has 25 heavy (non-hydrogen) atoms. The Kier molecular flexibility index (Phi) is 4.53. The Morgan fingerprint density at radius 2 is 1.68 bits per heavy atom. The number of aromatic nitrogens is 1. The summed E-state index contributed by atoms with van der Waals surface area (Å²) in [6.07, 6.45) is -2.92. The van der Waals surface area contributed by atoms with Gasteiger partial charge in [-0.3, -0.25) is 4.72 Å². The number of thiazole rings is 1. The van der Waals surface area contributed by atoms with Crippen molar-refractivity contribution in [2.45, 2.75) is 11.1 Å². The van der Waals surface area contributed by atoms with Crippen LogP contribution in [0.4, 0.5) is 18.9 Å². The molecule has 130 valence electrons. The van der Waals surface area contributed by atoms with Crippen LogP contribution >= 0.6 is 11.3 Å². The Morgan fingerprint density at radius 1 is 1.00 bits per heavy atom. The summed E-state index contributed by atoms with van der Waals surface area (Å²) >= 11 is 1.29. The number of nitrogens with zero attached hydrogens (tertiary/aromatic N) is 1. The monoisotopic (exact) mass is 384 g/mol. The molecule has 3 rings (SSSR count). The average molecular weight is 384 g/mol. The maximum Gasteiger partial charge on any atom is 0.416 e. The molecular weight excluding hydrogens is 373 g/mol. The van der Waals surface area contributed by atoms with Gasteiger partial charge in [-0.1, -0.05) is 18.2 Å². The molecule has 9 heteroatoms. The lowest BCUT2D eigenvalue weighted by molar-refractivity contribution is -0.137. The van der Waals surface area contributed by atoms with Gasteiger partial charge in [-0.2, -0.15) is 13.2 Å². The van der Waals surface area contributed by atoms with Gasteiger partial charge in [0.2, 0.25) is 0 Å². The van der Waals surface area contributed by atoms with Gasteiger partial charge in [0.1, 0.15) is 5.01 Å². The zero-order valence-corrected chi connectivity index (χ0v) is 14.1. The van der Waals surface area contributed by atoms with E-state index in [1.807, 2.05) is 0 Å². The van der Waals surface area contributed by atoms with E-state index < -0.39 is 21.8 Å². The van der Waals surface area contributed by atoms with Crippen molar-refractivity contribution in [3.05, 3.63) is 65.7 Å². The largest absolute Gasteiger partial charge is 0.416 e. The first-order chi connectivity index (χ1) is 11.8. The van der Waals surface area contributed by atoms with Crippen LogP contribution in [0.3, 0.4) is 0 Å². The van der Waals surface area contributed by atoms with Gasteiger partial charge in [0, 0.05) is 22.8 Å². The molecule has 0 fully saturated rings. The van der Waals surface area contributed by atoms with Crippen LogP contribution < -0.4 is 4.72 Å². The van der Waals surface area contributed by atoms with Crippen LogP contribution in [0.1, 0.15) is 5.56 Å². The van der Waals surface area contributed by atoms with Gasteiger partial charge in [-0.25, -0.2) is 13.4 Å². The normalized spacial score (nSPS) is 12.1. The first-order valence-electron chi connectivity index (χ1n) is 6.96. The first kappa shape index (κ1) is 17.4. The van der Waals surface area contributed by atoms with Crippen molar-refractivity contribution in [1.29, 1.82) is 0 Å². The van der Waals surface area contributed by atoms with Gasteiger partial charge in [0.15, 0.2) is 0 Å². The maximum atomic E-state index is 12.6. The van der Waals surface area contributed by atoms with Gasteiger partial charge in [-0.15, -0.1) is 11.3 Å². The second-order valence-electron chi connectivity index (χ2n) is 5.01. The Labute approximate surface area is 146 Å². The molecule has 0 aliphatic carbocycles. The van der Waals surface area contributed by atoms with E-state index >= 15 is 0 Å². The SMILES string of the molecule is O=S(=O)(Nc1ccc(C(F)(F)F)cc1)c1ccccc1-c1nccs1. The van der Waals surface area contributed by atoms with E-state index in [1.165, 1.54) is 17.4 Å². The number of alkyl halides is 3. The molecule has 4 nitrogen and oxygen atoms in total. The fraction of sp³-hybridized carbons (Fsp3) is 0.0625. The van der Waals surface area contributed by atoms with Crippen molar-refractivity contribution in [2.24, 2.45) is 0 Å². The smallest absolute Gasteiger partial charge is 0.280 e. The molecule has 0 atom stereocenters. The van der Waals surface area contributed by atoms with Crippen molar-refractivity contribution >= 4 is 27.0 Å². The lowest BCUT2D eigenvalue weighted by Crippen LogP contribution is -2.14. The Balaban J connectivity index is 1.93. The zero-order chi connectivity index (χ0) is 18.1. The van der Waals surface area contributed by atoms with E-state index in [1.54, 1.807) is 29.8 Å². The van der Waals surface area contributed by atoms with Gasteiger partial charge in [0.25, 0.3) is 10.0 Å². The Morgan fingerprint density at radius 3 is 2.28 bits per heavy atom. The predicted molar refractivity (Wildman–Crippen MR) is 89.8 cm³/mol. The predicted octanol–water partition coefficient (Wildman–Crippen LogP) is 4.63. The third kappa shape index (κ3) is 3.83. The summed E-state index contributed by atoms with van der Waals surface area (Å²) in [5.74, 6) is 0. The van der Waals surface area contributed by atoms with Gasteiger partial charge in [-0.05, 0) is 30.3 Å². The molecule has 3 aromatic rings. The summed E-state index contributed by atoms with van der Waals surface area (Å²) in [5, 5.41) is 2.26. The second kappa shape index (κ2) is 6.49. The summed E-state index contributed by atoms with van der Waals surface area (Å²) in [6, 6.07) is 10.1. The number of hydrogen-bond donors (Lipinski definition) is 1. The summed E-state index contributed by atoms with van der Waals surface area (Å²) in [7, 11) is -3.98. The van der Waals surface area contributed by atoms with E-state index in [0.717, 1.165) is 24.3 Å². The molecule has 0 spiro atoms. The van der Waals surface area contributed by atoms with Crippen molar-refractivity contribution in [3.63, 3.8) is 0 Å². The second-order valence-corrected chi connectivity index (χ2v) is 7.56. The molecule has 0 saturated carbocycles. The fourth-order valence-electron chi connectivity index (χ4n) is 2.17. The average Bonchev–Trinajstić information content (AvgIpc) is 3.08. The number of sulfonamides is 1. The van der Waals surface area contributed by atoms with E-state index in [-0.39, 0.29) is 10.6 Å². The first-order valence-corrected chi connectivity index (χ1v) is 9.33. The minimum atomic E-state index is -4.48. The van der Waals surface area contributed by atoms with E-state index in [0.29, 0.717) is 10.6 Å². The molecule has 0 aliphatic rings. The van der Waals surface area contributed by atoms with Crippen LogP contribution in [0.25, 0.3) is 10.6 Å². The molecule has 1 heterocycles. The Bertz CT molecular complexity index is 967. The van der Waals surface area contributed by atoms with Crippen LogP contribution in [0.2, 0.25) is 0 Å². The molecule has 1 N–H and O–H groups in total. The van der Waals surface area contributed by atoms with E-state index in [2.05, 4.69) is 9.71 Å². The lowest BCUT2D eigenvalue weighted by Gasteiger charge is -2.12. The number of halogens is 3. The van der Waals surface area contributed by atoms with Crippen molar-refractivity contribution in [2.75, 3.05) is 4.72 Å². The quantitative estimate of drug-likeness (QED) is 0.714. The van der Waals surface area contributed by atoms with Crippen LogP contribution in [-0.2, 0) is 16.2 Å². The molecule has 0 radical (unpaired) electrons. The highest BCUT2D eigenvalue weighted by Crippen LogP contribution is 2.32. The number of benzene rings is 2. The third-order valence-electron chi connectivity index (χ3n) is 3.30. The summed E-state index contributed by atoms with van der Waals surface area (Å²) < 4.78 is 65.3. The topological polar surface area (TPSA) is 59.1 Å². The van der Waals surface area contributed by atoms with Gasteiger partial charge in [0.05, 0.1) is 10.5 Å². The highest BCUT2D eigenvalue weighted by molar-refractivity contribution is 7.92. The van der Waals surface area contributed by atoms with Crippen molar-refractivity contribution < 1.29 is 21.6 Å². The fourth-order valence-corrected chi connectivity index (χ4v) is 4.18. The number of hydrogen-bond acceptors (Lipinski definition) is 4. The molecule has 0 amide bonds. The summed E-state index contributed by atoms with van der Waals surface area (Å²) in [6.45, 7) is 0. The highest BCUT2D eigenvalue weighted by atomic mass is 32.2. The minimum Gasteiger partial charge on any atom is -0.280 e. The van der Waals surface area contributed by atoms with E-state index in [9.17, 15) is 21.6 Å². The Hall–Kier alpha value is -2.39. The van der Waals surface area contributed by atoms with Crippen LogP contribution in [0.5, 0.6) is 0 Å². The van der Waals surface area contributed by atoms with Crippen LogP contribution in [-0.4, -0.2) is 13.4 Å². The molecular formula is C16H11F3N2O2S2. The van der Waals surface area contributed by atoms with E-state index in [4.69, 9.17) is 0 Å². The summed E-state index contributed by atoms with van der Waals surface area (Å²) in [5.41, 5.74) is -0.377. The maximum absolute atomic E-state index is 12.6. The van der Waals surface area contributed by atoms with Crippen LogP contribution in [0.15, 0.2) is 65.0 Å². The van der Waals surface area contributed by atoms with Crippen molar-refractivity contribution in [3.8, 4) is 10.6 Å². The minimum absolute atomic E-state index is 0.00449. The standard InChI is InChI=1S/C16H11F3N2O2S2/c17-16(18,19)11-5-7-12(8-6-11)21-25(22,23)14-4-2-1-3-13(14)15-20-9-10-24-15/h1-10,21H. The molecule has 0 aliphatic heterocycles. The lowest BCUT2D eigenvalue weighted by atomic mass is 10.2. The molecule has 0 unspecified atom stereocenters. The molecule has 0 saturated heterocycles. The van der Waals surface area contributed by atoms with Gasteiger partial charge < -0.3 is 0 Å². The summed E-state index contributed by atoms with van der Waals surface area (Å²) in [4.78, 5) is 4.11. The highest BCUT2D eigenvalue weighted by Gasteiger charge is 2.30. The van der Waals surface area contributed by atoms with Gasteiger partial charge >= 0.3 is 6.18 Å². The number of anilines is 1. The zero-order valence-electron chi connectivity index (χ0n) is 12.5. The van der Waals surface area contributed by atoms with Crippen molar-refractivity contribution in [1.82, 2.24) is 4.98 Å². The number of nitrogens with one attached hydrogen (secondary N) is 1. The van der Waals surface area contributed by atoms with Crippen LogP contribution in [0, 0.1) is 0 Å². The molecule has 2 aromatic carbocycles.